The maximum Gasteiger partial charge on any atom is 0.155 e. The molecule has 2 heterocycles. The van der Waals surface area contributed by atoms with Crippen LogP contribution >= 0.6 is 0 Å². The highest BCUT2D eigenvalue weighted by atomic mass is 16.3. The molecule has 0 fully saturated rings. The first-order chi connectivity index (χ1) is 19.3. The van der Waals surface area contributed by atoms with Gasteiger partial charge in [0.25, 0.3) is 0 Å². The minimum atomic E-state index is -1.34. The highest BCUT2D eigenvalue weighted by Gasteiger charge is 2.38. The molecule has 0 spiro atoms. The van der Waals surface area contributed by atoms with Gasteiger partial charge in [0.1, 0.15) is 5.49 Å². The molecule has 0 aliphatic carbocycles. The van der Waals surface area contributed by atoms with Crippen molar-refractivity contribution in [1.82, 2.24) is 9.13 Å². The van der Waals surface area contributed by atoms with Gasteiger partial charge in [-0.15, -0.1) is 0 Å². The van der Waals surface area contributed by atoms with E-state index in [4.69, 9.17) is 0 Å². The molecule has 5 aromatic rings. The number of rotatable bonds is 8. The minimum absolute atomic E-state index is 0.788. The van der Waals surface area contributed by atoms with Crippen LogP contribution in [0.25, 0.3) is 28.1 Å². The van der Waals surface area contributed by atoms with Gasteiger partial charge in [-0.1, -0.05) is 74.0 Å². The van der Waals surface area contributed by atoms with Crippen molar-refractivity contribution in [3.63, 3.8) is 0 Å². The summed E-state index contributed by atoms with van der Waals surface area (Å²) in [6.07, 6.45) is 5.77. The van der Waals surface area contributed by atoms with E-state index in [-0.39, 0.29) is 0 Å². The molecule has 3 aromatic carbocycles. The monoisotopic (exact) mass is 529 g/mol. The third-order valence-electron chi connectivity index (χ3n) is 8.01. The van der Waals surface area contributed by atoms with E-state index in [2.05, 4.69) is 104 Å². The first kappa shape index (κ1) is 27.4. The molecule has 0 radical (unpaired) electrons. The SMILES string of the molecule is C=Cc1cccc(-c2cc(=NC)n(CC)c3ccc(C(O)(c4ccc(C)cc4CCC)c4cccn4C)cc23)c1. The van der Waals surface area contributed by atoms with Crippen molar-refractivity contribution in [2.45, 2.75) is 45.8 Å². The second-order valence-electron chi connectivity index (χ2n) is 10.6. The van der Waals surface area contributed by atoms with Crippen molar-refractivity contribution in [2.75, 3.05) is 7.05 Å². The molecule has 4 heteroatoms. The average Bonchev–Trinajstić information content (AvgIpc) is 3.42. The Morgan fingerprint density at radius 2 is 1.80 bits per heavy atom. The van der Waals surface area contributed by atoms with Crippen molar-refractivity contribution < 1.29 is 5.11 Å². The Labute approximate surface area is 237 Å². The van der Waals surface area contributed by atoms with Crippen LogP contribution < -0.4 is 5.49 Å². The number of fused-ring (bicyclic) bond motifs is 1. The lowest BCUT2D eigenvalue weighted by atomic mass is 9.79. The van der Waals surface area contributed by atoms with Gasteiger partial charge in [0.2, 0.25) is 0 Å². The standard InChI is InChI=1S/C36H39N3O/c1-7-12-28-21-25(4)16-18-32(28)36(40,34-15-11-20-38(34)6)29-17-19-33-31(23-29)30(24-35(37-5)39(33)9-3)27-14-10-13-26(8-2)22-27/h8,10-11,13-24,40H,2,7,9,12H2,1,3-6H3. The van der Waals surface area contributed by atoms with Crippen molar-refractivity contribution in [2.24, 2.45) is 12.0 Å². The Hall–Kier alpha value is -4.15. The first-order valence-electron chi connectivity index (χ1n) is 14.1. The van der Waals surface area contributed by atoms with Crippen LogP contribution in [-0.2, 0) is 25.6 Å². The Bertz CT molecular complexity index is 1770. The van der Waals surface area contributed by atoms with E-state index >= 15 is 0 Å². The Morgan fingerprint density at radius 1 is 0.975 bits per heavy atom. The summed E-state index contributed by atoms with van der Waals surface area (Å²) in [6, 6.07) is 27.5. The summed E-state index contributed by atoms with van der Waals surface area (Å²) < 4.78 is 4.26. The van der Waals surface area contributed by atoms with E-state index < -0.39 is 5.60 Å². The van der Waals surface area contributed by atoms with Crippen LogP contribution in [0.3, 0.4) is 0 Å². The molecule has 0 bridgehead atoms. The zero-order chi connectivity index (χ0) is 28.4. The van der Waals surface area contributed by atoms with Crippen LogP contribution in [-0.4, -0.2) is 21.3 Å². The molecule has 1 unspecified atom stereocenters. The van der Waals surface area contributed by atoms with Gasteiger partial charge in [-0.2, -0.15) is 0 Å². The smallest absolute Gasteiger partial charge is 0.155 e. The Kier molecular flexibility index (Phi) is 7.64. The number of benzene rings is 3. The average molecular weight is 530 g/mol. The summed E-state index contributed by atoms with van der Waals surface area (Å²) >= 11 is 0. The second kappa shape index (κ2) is 11.1. The number of pyridine rings is 1. The third-order valence-corrected chi connectivity index (χ3v) is 8.01. The highest BCUT2D eigenvalue weighted by Crippen LogP contribution is 2.41. The maximum absolute atomic E-state index is 13.0. The van der Waals surface area contributed by atoms with Gasteiger partial charge in [0, 0.05) is 32.2 Å². The van der Waals surface area contributed by atoms with E-state index in [0.29, 0.717) is 0 Å². The summed E-state index contributed by atoms with van der Waals surface area (Å²) in [7, 11) is 3.84. The lowest BCUT2D eigenvalue weighted by Crippen LogP contribution is -2.32. The predicted molar refractivity (Wildman–Crippen MR) is 167 cm³/mol. The van der Waals surface area contributed by atoms with Gasteiger partial charge in [-0.05, 0) is 90.0 Å². The number of aryl methyl sites for hydroxylation is 4. The molecule has 204 valence electrons. The van der Waals surface area contributed by atoms with Crippen LogP contribution in [0.1, 0.15) is 53.8 Å². The summed E-state index contributed by atoms with van der Waals surface area (Å²) in [4.78, 5) is 4.62. The number of aliphatic hydroxyl groups is 1. The number of aromatic nitrogens is 2. The molecule has 2 aromatic heterocycles. The molecule has 0 saturated heterocycles. The fraction of sp³-hybridized carbons (Fsp3) is 0.250. The number of hydrogen-bond acceptors (Lipinski definition) is 2. The zero-order valence-corrected chi connectivity index (χ0v) is 24.3. The van der Waals surface area contributed by atoms with Gasteiger partial charge in [0.15, 0.2) is 5.60 Å². The molecule has 0 aliphatic heterocycles. The van der Waals surface area contributed by atoms with Crippen LogP contribution in [0, 0.1) is 6.92 Å². The molecule has 40 heavy (non-hydrogen) atoms. The summed E-state index contributed by atoms with van der Waals surface area (Å²) in [5.41, 5.74) is 8.89. The summed E-state index contributed by atoms with van der Waals surface area (Å²) in [5.74, 6) is 0. The molecule has 0 amide bonds. The molecule has 0 aliphatic rings. The fourth-order valence-corrected chi connectivity index (χ4v) is 6.04. The van der Waals surface area contributed by atoms with Crippen molar-refractivity contribution in [3.8, 4) is 11.1 Å². The van der Waals surface area contributed by atoms with Crippen molar-refractivity contribution in [3.05, 3.63) is 131 Å². The van der Waals surface area contributed by atoms with Crippen LogP contribution in [0.4, 0.5) is 0 Å². The van der Waals surface area contributed by atoms with Crippen molar-refractivity contribution in [1.29, 1.82) is 0 Å². The molecular weight excluding hydrogens is 490 g/mol. The molecular formula is C36H39N3O. The predicted octanol–water partition coefficient (Wildman–Crippen LogP) is 7.39. The number of nitrogens with zero attached hydrogens (tertiary/aromatic N) is 3. The molecule has 5 rings (SSSR count). The summed E-state index contributed by atoms with van der Waals surface area (Å²) in [6.45, 7) is 11.2. The van der Waals surface area contributed by atoms with E-state index in [9.17, 15) is 5.11 Å². The van der Waals surface area contributed by atoms with Crippen LogP contribution in [0.2, 0.25) is 0 Å². The van der Waals surface area contributed by atoms with Gasteiger partial charge in [0.05, 0.1) is 11.2 Å². The topological polar surface area (TPSA) is 42.4 Å². The lowest BCUT2D eigenvalue weighted by Gasteiger charge is -2.33. The van der Waals surface area contributed by atoms with Gasteiger partial charge in [-0.3, -0.25) is 4.99 Å². The maximum atomic E-state index is 13.0. The number of hydrogen-bond donors (Lipinski definition) is 1. The minimum Gasteiger partial charge on any atom is -0.375 e. The van der Waals surface area contributed by atoms with Crippen LogP contribution in [0.5, 0.6) is 0 Å². The summed E-state index contributed by atoms with van der Waals surface area (Å²) in [5, 5.41) is 14.0. The van der Waals surface area contributed by atoms with E-state index in [1.165, 1.54) is 11.1 Å². The van der Waals surface area contributed by atoms with E-state index in [1.54, 1.807) is 0 Å². The second-order valence-corrected chi connectivity index (χ2v) is 10.6. The molecule has 0 saturated carbocycles. The largest absolute Gasteiger partial charge is 0.375 e. The molecule has 1 N–H and O–H groups in total. The third kappa shape index (κ3) is 4.63. The van der Waals surface area contributed by atoms with Gasteiger partial charge < -0.3 is 14.2 Å². The molecule has 1 atom stereocenters. The van der Waals surface area contributed by atoms with Crippen molar-refractivity contribution >= 4 is 17.0 Å². The van der Waals surface area contributed by atoms with Gasteiger partial charge >= 0.3 is 0 Å². The van der Waals surface area contributed by atoms with Crippen LogP contribution in [0.15, 0.2) is 96.6 Å². The zero-order valence-electron chi connectivity index (χ0n) is 24.3. The fourth-order valence-electron chi connectivity index (χ4n) is 6.04. The highest BCUT2D eigenvalue weighted by molar-refractivity contribution is 5.95. The Balaban J connectivity index is 1.89. The first-order valence-corrected chi connectivity index (χ1v) is 14.1. The van der Waals surface area contributed by atoms with E-state index in [1.807, 2.05) is 43.1 Å². The van der Waals surface area contributed by atoms with Gasteiger partial charge in [-0.25, -0.2) is 0 Å². The quantitative estimate of drug-likeness (QED) is 0.224. The van der Waals surface area contributed by atoms with E-state index in [0.717, 1.165) is 69.3 Å². The Morgan fingerprint density at radius 3 is 2.48 bits per heavy atom. The normalized spacial score (nSPS) is 13.5. The lowest BCUT2D eigenvalue weighted by molar-refractivity contribution is 0.116. The molecule has 4 nitrogen and oxygen atoms in total.